The number of carbonyl (C=O) groups excluding carboxylic acids is 1. The third kappa shape index (κ3) is 3.70. The summed E-state index contributed by atoms with van der Waals surface area (Å²) in [6, 6.07) is 13.9. The number of urea groups is 1. The third-order valence-electron chi connectivity index (χ3n) is 4.38. The van der Waals surface area contributed by atoms with E-state index in [0.29, 0.717) is 34.0 Å². The summed E-state index contributed by atoms with van der Waals surface area (Å²) in [5, 5.41) is 10.1. The van der Waals surface area contributed by atoms with Crippen LogP contribution in [0.2, 0.25) is 5.02 Å². The van der Waals surface area contributed by atoms with Crippen LogP contribution in [0.15, 0.2) is 53.1 Å². The second-order valence-electron chi connectivity index (χ2n) is 6.25. The van der Waals surface area contributed by atoms with Crippen LogP contribution in [0.1, 0.15) is 31.1 Å². The Kier molecular flexibility index (Phi) is 4.58. The van der Waals surface area contributed by atoms with E-state index in [4.69, 9.17) is 16.1 Å². The lowest BCUT2D eigenvalue weighted by molar-refractivity contribution is 0.262. The van der Waals surface area contributed by atoms with E-state index in [1.165, 1.54) is 6.42 Å². The Bertz CT molecular complexity index is 919. The summed E-state index contributed by atoms with van der Waals surface area (Å²) in [6.45, 7) is 0. The molecule has 0 spiro atoms. The number of aromatic nitrogens is 2. The van der Waals surface area contributed by atoms with Crippen molar-refractivity contribution >= 4 is 29.0 Å². The molecule has 26 heavy (non-hydrogen) atoms. The predicted octanol–water partition coefficient (Wildman–Crippen LogP) is 5.30. The molecular formula is C19H17ClN4O2. The fourth-order valence-corrected chi connectivity index (χ4v) is 2.93. The molecule has 2 N–H and O–H groups in total. The van der Waals surface area contributed by atoms with Crippen molar-refractivity contribution in [1.82, 2.24) is 10.1 Å². The highest BCUT2D eigenvalue weighted by Gasteiger charge is 2.25. The highest BCUT2D eigenvalue weighted by Crippen LogP contribution is 2.36. The zero-order chi connectivity index (χ0) is 17.9. The number of nitrogens with zero attached hydrogens (tertiary/aromatic N) is 2. The molecule has 4 rings (SSSR count). The van der Waals surface area contributed by atoms with E-state index in [0.717, 1.165) is 18.4 Å². The number of benzene rings is 2. The number of hydrogen-bond acceptors (Lipinski definition) is 4. The van der Waals surface area contributed by atoms with Gasteiger partial charge in [-0.25, -0.2) is 4.79 Å². The maximum atomic E-state index is 12.1. The first-order valence-corrected chi connectivity index (χ1v) is 8.83. The van der Waals surface area contributed by atoms with Crippen molar-refractivity contribution in [3.8, 4) is 11.4 Å². The summed E-state index contributed by atoms with van der Waals surface area (Å²) in [5.41, 5.74) is 2.14. The summed E-state index contributed by atoms with van der Waals surface area (Å²) in [5.74, 6) is 1.70. The van der Waals surface area contributed by atoms with Gasteiger partial charge in [0.05, 0.1) is 0 Å². The molecular weight excluding hydrogens is 352 g/mol. The second kappa shape index (κ2) is 7.17. The van der Waals surface area contributed by atoms with Gasteiger partial charge in [-0.1, -0.05) is 29.2 Å². The van der Waals surface area contributed by atoms with Gasteiger partial charge < -0.3 is 15.2 Å². The van der Waals surface area contributed by atoms with Gasteiger partial charge in [0, 0.05) is 27.9 Å². The Morgan fingerprint density at radius 2 is 1.85 bits per heavy atom. The van der Waals surface area contributed by atoms with Crippen LogP contribution in [0.3, 0.4) is 0 Å². The smallest absolute Gasteiger partial charge is 0.323 e. The summed E-state index contributed by atoms with van der Waals surface area (Å²) in [7, 11) is 0. The zero-order valence-corrected chi connectivity index (χ0v) is 14.7. The molecule has 1 saturated carbocycles. The number of halogens is 1. The van der Waals surface area contributed by atoms with Crippen LogP contribution in [-0.2, 0) is 0 Å². The van der Waals surface area contributed by atoms with Gasteiger partial charge in [0.2, 0.25) is 11.7 Å². The molecule has 2 amide bonds. The second-order valence-corrected chi connectivity index (χ2v) is 6.69. The first-order chi connectivity index (χ1) is 12.7. The maximum Gasteiger partial charge on any atom is 0.323 e. The van der Waals surface area contributed by atoms with E-state index in [-0.39, 0.29) is 6.03 Å². The van der Waals surface area contributed by atoms with Gasteiger partial charge in [-0.15, -0.1) is 0 Å². The van der Waals surface area contributed by atoms with Crippen LogP contribution in [0.25, 0.3) is 11.4 Å². The molecule has 2 aromatic carbocycles. The molecule has 0 saturated heterocycles. The lowest BCUT2D eigenvalue weighted by Gasteiger charge is -2.20. The van der Waals surface area contributed by atoms with Gasteiger partial charge in [0.1, 0.15) is 0 Å². The fraction of sp³-hybridized carbons (Fsp3) is 0.211. The van der Waals surface area contributed by atoms with Gasteiger partial charge in [-0.05, 0) is 55.3 Å². The van der Waals surface area contributed by atoms with E-state index in [1.807, 2.05) is 12.1 Å². The number of nitrogens with one attached hydrogen (secondary N) is 2. The van der Waals surface area contributed by atoms with Crippen LogP contribution < -0.4 is 10.6 Å². The molecule has 0 radical (unpaired) electrons. The Morgan fingerprint density at radius 1 is 1.08 bits per heavy atom. The minimum atomic E-state index is -0.341. The van der Waals surface area contributed by atoms with Crippen LogP contribution in [0, 0.1) is 0 Å². The van der Waals surface area contributed by atoms with E-state index in [2.05, 4.69) is 20.8 Å². The Hall–Kier alpha value is -2.86. The maximum absolute atomic E-state index is 12.1. The SMILES string of the molecule is O=C(Nc1ccc(-c2noc(C3CCC3)n2)cc1)Nc1cccc(Cl)c1. The quantitative estimate of drug-likeness (QED) is 0.654. The topological polar surface area (TPSA) is 80.1 Å². The average molecular weight is 369 g/mol. The number of rotatable bonds is 4. The van der Waals surface area contributed by atoms with Crippen LogP contribution >= 0.6 is 11.6 Å². The van der Waals surface area contributed by atoms with Crippen LogP contribution in [0.5, 0.6) is 0 Å². The average Bonchev–Trinajstić information content (AvgIpc) is 3.03. The molecule has 0 atom stereocenters. The molecule has 0 bridgehead atoms. The predicted molar refractivity (Wildman–Crippen MR) is 100 cm³/mol. The highest BCUT2D eigenvalue weighted by molar-refractivity contribution is 6.30. The minimum absolute atomic E-state index is 0.341. The first-order valence-electron chi connectivity index (χ1n) is 8.45. The molecule has 0 unspecified atom stereocenters. The van der Waals surface area contributed by atoms with Gasteiger partial charge >= 0.3 is 6.03 Å². The number of hydrogen-bond donors (Lipinski definition) is 2. The van der Waals surface area contributed by atoms with Gasteiger partial charge in [0.25, 0.3) is 0 Å². The summed E-state index contributed by atoms with van der Waals surface area (Å²) < 4.78 is 5.34. The molecule has 6 nitrogen and oxygen atoms in total. The Balaban J connectivity index is 1.39. The molecule has 0 aliphatic heterocycles. The molecule has 132 valence electrons. The number of carbonyl (C=O) groups is 1. The largest absolute Gasteiger partial charge is 0.339 e. The molecule has 3 aromatic rings. The van der Waals surface area contributed by atoms with E-state index in [9.17, 15) is 4.79 Å². The zero-order valence-electron chi connectivity index (χ0n) is 13.9. The summed E-state index contributed by atoms with van der Waals surface area (Å²) >= 11 is 5.91. The lowest BCUT2D eigenvalue weighted by atomic mass is 9.85. The normalized spacial score (nSPS) is 13.9. The van der Waals surface area contributed by atoms with Crippen molar-refractivity contribution in [2.24, 2.45) is 0 Å². The van der Waals surface area contributed by atoms with Crippen molar-refractivity contribution in [2.45, 2.75) is 25.2 Å². The molecule has 1 aromatic heterocycles. The van der Waals surface area contributed by atoms with E-state index < -0.39 is 0 Å². The monoisotopic (exact) mass is 368 g/mol. The fourth-order valence-electron chi connectivity index (χ4n) is 2.74. The van der Waals surface area contributed by atoms with Crippen molar-refractivity contribution in [3.63, 3.8) is 0 Å². The summed E-state index contributed by atoms with van der Waals surface area (Å²) in [4.78, 5) is 16.5. The molecule has 1 aliphatic carbocycles. The van der Waals surface area contributed by atoms with Crippen LogP contribution in [0.4, 0.5) is 16.2 Å². The number of anilines is 2. The van der Waals surface area contributed by atoms with Crippen molar-refractivity contribution in [2.75, 3.05) is 10.6 Å². The van der Waals surface area contributed by atoms with Gasteiger partial charge in [-0.2, -0.15) is 4.98 Å². The molecule has 7 heteroatoms. The molecule has 1 fully saturated rings. The van der Waals surface area contributed by atoms with Crippen molar-refractivity contribution in [3.05, 3.63) is 59.4 Å². The minimum Gasteiger partial charge on any atom is -0.339 e. The molecule has 1 heterocycles. The highest BCUT2D eigenvalue weighted by atomic mass is 35.5. The lowest BCUT2D eigenvalue weighted by Crippen LogP contribution is -2.19. The number of amides is 2. The first kappa shape index (κ1) is 16.6. The van der Waals surface area contributed by atoms with Crippen molar-refractivity contribution < 1.29 is 9.32 Å². The van der Waals surface area contributed by atoms with Crippen LogP contribution in [-0.4, -0.2) is 16.2 Å². The Labute approximate surface area is 155 Å². The summed E-state index contributed by atoms with van der Waals surface area (Å²) in [6.07, 6.45) is 3.46. The molecule has 1 aliphatic rings. The van der Waals surface area contributed by atoms with E-state index in [1.54, 1.807) is 36.4 Å². The third-order valence-corrected chi connectivity index (χ3v) is 4.61. The standard InChI is InChI=1S/C19H17ClN4O2/c20-14-5-2-6-16(11-14)22-19(25)21-15-9-7-12(8-10-15)17-23-18(26-24-17)13-3-1-4-13/h2,5-11,13H,1,3-4H2,(H2,21,22,25). The Morgan fingerprint density at radius 3 is 2.54 bits per heavy atom. The van der Waals surface area contributed by atoms with E-state index >= 15 is 0 Å². The van der Waals surface area contributed by atoms with Crippen molar-refractivity contribution in [1.29, 1.82) is 0 Å². The van der Waals surface area contributed by atoms with Gasteiger partial charge in [-0.3, -0.25) is 0 Å². The van der Waals surface area contributed by atoms with Gasteiger partial charge in [0.15, 0.2) is 0 Å².